The summed E-state index contributed by atoms with van der Waals surface area (Å²) < 4.78 is 25.7. The molecule has 0 saturated heterocycles. The molecule has 1 aliphatic rings. The van der Waals surface area contributed by atoms with E-state index in [2.05, 4.69) is 0 Å². The number of carbonyl (C=O) groups is 1. The summed E-state index contributed by atoms with van der Waals surface area (Å²) in [5.74, 6) is -0.318. The predicted octanol–water partition coefficient (Wildman–Crippen LogP) is 3.11. The Balaban J connectivity index is 1.79. The zero-order chi connectivity index (χ0) is 17.8. The largest absolute Gasteiger partial charge is 0.486 e. The van der Waals surface area contributed by atoms with Crippen LogP contribution in [0.5, 0.6) is 11.5 Å². The molecular formula is C19H20FNO4. The number of likely N-dealkylation sites (N-methyl/N-ethyl adjacent to an activating group) is 1. The number of fused-ring (bicyclic) bond motifs is 1. The van der Waals surface area contributed by atoms with Crippen LogP contribution >= 0.6 is 0 Å². The highest BCUT2D eigenvalue weighted by molar-refractivity contribution is 5.75. The van der Waals surface area contributed by atoms with Gasteiger partial charge in [-0.05, 0) is 24.7 Å². The molecule has 5 nitrogen and oxygen atoms in total. The van der Waals surface area contributed by atoms with Crippen LogP contribution in [0.25, 0.3) is 0 Å². The summed E-state index contributed by atoms with van der Waals surface area (Å²) in [6.07, 6.45) is -0.330. The maximum atomic E-state index is 14.1. The van der Waals surface area contributed by atoms with Crippen LogP contribution in [0.2, 0.25) is 0 Å². The summed E-state index contributed by atoms with van der Waals surface area (Å²) in [6.45, 7) is 2.91. The topological polar surface area (TPSA) is 59.0 Å². The van der Waals surface area contributed by atoms with Crippen LogP contribution in [-0.2, 0) is 4.79 Å². The minimum absolute atomic E-state index is 0.147. The van der Waals surface area contributed by atoms with Gasteiger partial charge in [0, 0.05) is 12.1 Å². The van der Waals surface area contributed by atoms with Crippen LogP contribution in [0, 0.1) is 5.82 Å². The first-order valence-electron chi connectivity index (χ1n) is 8.20. The molecule has 1 heterocycles. The Morgan fingerprint density at radius 2 is 1.92 bits per heavy atom. The summed E-state index contributed by atoms with van der Waals surface area (Å²) in [6, 6.07) is 12.2. The van der Waals surface area contributed by atoms with E-state index in [0.29, 0.717) is 31.2 Å². The highest BCUT2D eigenvalue weighted by Crippen LogP contribution is 2.32. The second-order valence-corrected chi connectivity index (χ2v) is 5.85. The third-order valence-corrected chi connectivity index (χ3v) is 4.21. The van der Waals surface area contributed by atoms with Gasteiger partial charge in [-0.3, -0.25) is 9.69 Å². The molecule has 0 aliphatic carbocycles. The standard InChI is InChI=1S/C19H20FNO4/c1-2-21(18(19(22)23)14-7-3-4-8-15(14)20)11-13-12-24-16-9-5-6-10-17(16)25-13/h3-10,13,18H,2,11-12H2,1H3,(H,22,23). The van der Waals surface area contributed by atoms with Crippen LogP contribution in [0.3, 0.4) is 0 Å². The normalized spacial score (nSPS) is 17.3. The third-order valence-electron chi connectivity index (χ3n) is 4.21. The van der Waals surface area contributed by atoms with E-state index in [1.807, 2.05) is 31.2 Å². The lowest BCUT2D eigenvalue weighted by Gasteiger charge is -2.33. The molecule has 0 fully saturated rings. The first kappa shape index (κ1) is 17.2. The molecule has 3 rings (SSSR count). The van der Waals surface area contributed by atoms with Crippen LogP contribution < -0.4 is 9.47 Å². The molecule has 2 aromatic carbocycles. The summed E-state index contributed by atoms with van der Waals surface area (Å²) in [5.41, 5.74) is 0.147. The molecule has 0 spiro atoms. The van der Waals surface area contributed by atoms with Gasteiger partial charge in [0.05, 0.1) is 0 Å². The van der Waals surface area contributed by atoms with Crippen molar-refractivity contribution in [2.45, 2.75) is 19.1 Å². The zero-order valence-electron chi connectivity index (χ0n) is 13.9. The molecule has 1 aliphatic heterocycles. The fourth-order valence-electron chi connectivity index (χ4n) is 3.01. The first-order chi connectivity index (χ1) is 12.1. The van der Waals surface area contributed by atoms with Crippen LogP contribution in [0.15, 0.2) is 48.5 Å². The number of nitrogens with zero attached hydrogens (tertiary/aromatic N) is 1. The molecule has 6 heteroatoms. The van der Waals surface area contributed by atoms with E-state index in [4.69, 9.17) is 9.47 Å². The number of hydrogen-bond acceptors (Lipinski definition) is 4. The van der Waals surface area contributed by atoms with Gasteiger partial charge in [-0.1, -0.05) is 37.3 Å². The summed E-state index contributed by atoms with van der Waals surface area (Å²) in [4.78, 5) is 13.5. The highest BCUT2D eigenvalue weighted by Gasteiger charge is 2.32. The minimum atomic E-state index is -1.09. The SMILES string of the molecule is CCN(CC1COc2ccccc2O1)C(C(=O)O)c1ccccc1F. The van der Waals surface area contributed by atoms with Crippen LogP contribution in [-0.4, -0.2) is 41.8 Å². The lowest BCUT2D eigenvalue weighted by atomic mass is 10.0. The minimum Gasteiger partial charge on any atom is -0.486 e. The number of rotatable bonds is 6. The summed E-state index contributed by atoms with van der Waals surface area (Å²) in [5, 5.41) is 9.66. The second-order valence-electron chi connectivity index (χ2n) is 5.85. The highest BCUT2D eigenvalue weighted by atomic mass is 19.1. The Morgan fingerprint density at radius 3 is 2.60 bits per heavy atom. The molecule has 2 aromatic rings. The first-order valence-corrected chi connectivity index (χ1v) is 8.20. The van der Waals surface area contributed by atoms with Crippen molar-refractivity contribution < 1.29 is 23.8 Å². The molecule has 25 heavy (non-hydrogen) atoms. The van der Waals surface area contributed by atoms with E-state index in [1.165, 1.54) is 12.1 Å². The molecule has 0 radical (unpaired) electrons. The van der Waals surface area contributed by atoms with Crippen molar-refractivity contribution in [3.8, 4) is 11.5 Å². The van der Waals surface area contributed by atoms with Gasteiger partial charge in [-0.15, -0.1) is 0 Å². The molecule has 1 N–H and O–H groups in total. The van der Waals surface area contributed by atoms with Gasteiger partial charge in [-0.25, -0.2) is 4.39 Å². The molecule has 0 aromatic heterocycles. The van der Waals surface area contributed by atoms with E-state index in [9.17, 15) is 14.3 Å². The van der Waals surface area contributed by atoms with Crippen molar-refractivity contribution in [2.24, 2.45) is 0 Å². The van der Waals surface area contributed by atoms with Crippen molar-refractivity contribution in [1.82, 2.24) is 4.90 Å². The fraction of sp³-hybridized carbons (Fsp3) is 0.316. The Morgan fingerprint density at radius 1 is 1.24 bits per heavy atom. The molecule has 0 bridgehead atoms. The van der Waals surface area contributed by atoms with Gasteiger partial charge in [0.25, 0.3) is 0 Å². The monoisotopic (exact) mass is 345 g/mol. The van der Waals surface area contributed by atoms with Crippen molar-refractivity contribution >= 4 is 5.97 Å². The Kier molecular flexibility index (Phi) is 5.19. The van der Waals surface area contributed by atoms with Gasteiger partial charge in [0.1, 0.15) is 24.6 Å². The van der Waals surface area contributed by atoms with Crippen molar-refractivity contribution in [3.05, 3.63) is 59.9 Å². The number of carboxylic acids is 1. The third kappa shape index (κ3) is 3.74. The number of para-hydroxylation sites is 2. The van der Waals surface area contributed by atoms with E-state index >= 15 is 0 Å². The van der Waals surface area contributed by atoms with E-state index in [-0.39, 0.29) is 11.7 Å². The quantitative estimate of drug-likeness (QED) is 0.872. The lowest BCUT2D eigenvalue weighted by molar-refractivity contribution is -0.144. The molecule has 0 saturated carbocycles. The van der Waals surface area contributed by atoms with Crippen LogP contribution in [0.4, 0.5) is 4.39 Å². The predicted molar refractivity (Wildman–Crippen MR) is 90.4 cm³/mol. The summed E-state index contributed by atoms with van der Waals surface area (Å²) in [7, 11) is 0. The van der Waals surface area contributed by atoms with Gasteiger partial charge in [0.2, 0.25) is 0 Å². The summed E-state index contributed by atoms with van der Waals surface area (Å²) >= 11 is 0. The zero-order valence-corrected chi connectivity index (χ0v) is 13.9. The van der Waals surface area contributed by atoms with Crippen molar-refractivity contribution in [2.75, 3.05) is 19.7 Å². The van der Waals surface area contributed by atoms with Gasteiger partial charge in [-0.2, -0.15) is 0 Å². The molecule has 2 unspecified atom stereocenters. The number of ether oxygens (including phenoxy) is 2. The van der Waals surface area contributed by atoms with Gasteiger partial charge >= 0.3 is 5.97 Å². The van der Waals surface area contributed by atoms with Gasteiger partial charge < -0.3 is 14.6 Å². The Labute approximate surface area is 145 Å². The van der Waals surface area contributed by atoms with E-state index in [0.717, 1.165) is 0 Å². The number of halogens is 1. The van der Waals surface area contributed by atoms with E-state index in [1.54, 1.807) is 17.0 Å². The number of benzene rings is 2. The maximum Gasteiger partial charge on any atom is 0.325 e. The Bertz CT molecular complexity index is 752. The van der Waals surface area contributed by atoms with Crippen LogP contribution in [0.1, 0.15) is 18.5 Å². The maximum absolute atomic E-state index is 14.1. The fourth-order valence-corrected chi connectivity index (χ4v) is 3.01. The smallest absolute Gasteiger partial charge is 0.325 e. The molecular weight excluding hydrogens is 325 g/mol. The number of carboxylic acid groups (broad SMARTS) is 1. The molecule has 0 amide bonds. The molecule has 2 atom stereocenters. The Hall–Kier alpha value is -2.60. The van der Waals surface area contributed by atoms with E-state index < -0.39 is 17.8 Å². The second kappa shape index (κ2) is 7.53. The number of aliphatic carboxylic acids is 1. The van der Waals surface area contributed by atoms with Crippen molar-refractivity contribution in [3.63, 3.8) is 0 Å². The number of hydrogen-bond donors (Lipinski definition) is 1. The lowest BCUT2D eigenvalue weighted by Crippen LogP contribution is -2.44. The van der Waals surface area contributed by atoms with Crippen molar-refractivity contribution in [1.29, 1.82) is 0 Å². The average Bonchev–Trinajstić information content (AvgIpc) is 2.62. The average molecular weight is 345 g/mol. The molecule has 132 valence electrons. The van der Waals surface area contributed by atoms with Gasteiger partial charge in [0.15, 0.2) is 11.5 Å².